The highest BCUT2D eigenvalue weighted by atomic mass is 16.3. The predicted octanol–water partition coefficient (Wildman–Crippen LogP) is 18.0. The SMILES string of the molecule is [2H]c1c([2H])c2c3c(c1[2H])-n1c4c([2H])c([2H])c(C(C)(C)C)c([2H])c4c4c([2H])c(C(C)(C)C)c([2H])c(c41)N3c1c([2H])c(C)c([2H])c3c1B2c1c([2H])c([2H])c(N(c2c([2H])c([2H])c(C(C)(C)C)c([2H])c2[2H])c2c([2H])c([2H])c(C(C)(C)C)c([2H])c2[2H])c([2H])c1N3c1c([2H])c([2H])c([2H])c2c1oc1c([2H])c([2H])c([2H])c([2H])c12. The van der Waals surface area contributed by atoms with Crippen LogP contribution in [0.3, 0.4) is 0 Å². The Hall–Kier alpha value is -7.96. The number of rotatable bonds is 4. The van der Waals surface area contributed by atoms with Crippen LogP contribution in [-0.4, -0.2) is 11.3 Å². The van der Waals surface area contributed by atoms with E-state index in [4.69, 9.17) is 7.16 Å². The van der Waals surface area contributed by atoms with Gasteiger partial charge in [0.25, 0.3) is 6.71 Å². The molecule has 9 aromatic carbocycles. The molecule has 0 bridgehead atoms. The molecule has 0 atom stereocenters. The van der Waals surface area contributed by atoms with E-state index >= 15 is 0 Å². The Kier molecular flexibility index (Phi) is 5.50. The first-order valence-electron chi connectivity index (χ1n) is 39.5. The molecule has 0 N–H and O–H groups in total. The van der Waals surface area contributed by atoms with Crippen molar-refractivity contribution >= 4 is 118 Å². The Morgan fingerprint density at radius 1 is 0.429 bits per heavy atom. The van der Waals surface area contributed by atoms with E-state index in [1.807, 2.05) is 0 Å². The molecular weight excluding hydrogens is 936 g/mol. The minimum absolute atomic E-state index is 0.0343. The standard InChI is InChI=1S/C71H67BN4O/c1-42-36-60-64-61(37-42)76-62-40-46(71(11,12)13)39-53-52-38-45(70(8,9)10)28-35-56(52)75(65(53)62)57-21-17-20-55(66(57)76)72(64)54-34-33-49(41-59(54)74(60)58-22-16-19-51-50-18-14-15-23-63(50)77-67(51)58)73(47-29-24-43(25-30-47)68(2,3)4)48-31-26-44(27-32-48)69(5,6)7/h14-41H,1-13H3/i14D,15D,16D,17D,18D,19D,20D,21D,22D,23D,24D,25D,26D,27D,28D,29D,30D,31D,32D,33D,34D,35D,36D,37D,38D,39D,40D,41D. The highest BCUT2D eigenvalue weighted by Crippen LogP contribution is 2.55. The number of anilines is 9. The van der Waals surface area contributed by atoms with Crippen molar-refractivity contribution in [1.29, 1.82) is 0 Å². The molecule has 6 heteroatoms. The average molecular weight is 1030 g/mol. The summed E-state index contributed by atoms with van der Waals surface area (Å²) < 4.78 is 287. The maximum Gasteiger partial charge on any atom is 0.252 e. The summed E-state index contributed by atoms with van der Waals surface area (Å²) in [6, 6.07) is -20.8. The van der Waals surface area contributed by atoms with E-state index in [1.54, 1.807) is 83.1 Å². The van der Waals surface area contributed by atoms with Crippen molar-refractivity contribution in [2.24, 2.45) is 0 Å². The summed E-state index contributed by atoms with van der Waals surface area (Å²) >= 11 is 0. The van der Waals surface area contributed by atoms with E-state index in [0.29, 0.717) is 4.90 Å². The van der Waals surface area contributed by atoms with Gasteiger partial charge in [-0.15, -0.1) is 0 Å². The van der Waals surface area contributed by atoms with Crippen molar-refractivity contribution in [2.45, 2.75) is 112 Å². The highest BCUT2D eigenvalue weighted by Gasteiger charge is 2.47. The normalized spacial score (nSPS) is 19.1. The summed E-state index contributed by atoms with van der Waals surface area (Å²) in [5.41, 5.74) is -13.5. The third kappa shape index (κ3) is 7.06. The fraction of sp³-hybridized carbons (Fsp3) is 0.239. The van der Waals surface area contributed by atoms with Gasteiger partial charge in [0.05, 0.1) is 72.2 Å². The molecule has 2 aromatic heterocycles. The van der Waals surface area contributed by atoms with Crippen LogP contribution in [0.25, 0.3) is 49.4 Å². The molecule has 0 fully saturated rings. The number of fused-ring (bicyclic) bond motifs is 12. The van der Waals surface area contributed by atoms with Gasteiger partial charge in [0.2, 0.25) is 0 Å². The Labute approximate surface area is 493 Å². The number of furan rings is 1. The van der Waals surface area contributed by atoms with Gasteiger partial charge in [0.15, 0.2) is 5.58 Å². The van der Waals surface area contributed by atoms with Gasteiger partial charge in [-0.3, -0.25) is 0 Å². The van der Waals surface area contributed by atoms with E-state index in [9.17, 15) is 35.6 Å². The van der Waals surface area contributed by atoms with Crippen LogP contribution in [0.15, 0.2) is 174 Å². The molecule has 0 unspecified atom stereocenters. The second kappa shape index (κ2) is 16.1. The lowest BCUT2D eigenvalue weighted by Gasteiger charge is -2.46. The molecule has 0 aliphatic carbocycles. The molecule has 0 amide bonds. The first-order valence-corrected chi connectivity index (χ1v) is 25.5. The zero-order chi connectivity index (χ0) is 77.8. The summed E-state index contributed by atoms with van der Waals surface area (Å²) in [5, 5.41) is -1.06. The summed E-state index contributed by atoms with van der Waals surface area (Å²) in [5.74, 6) is 0. The molecule has 5 nitrogen and oxygen atoms in total. The molecule has 77 heavy (non-hydrogen) atoms. The molecule has 0 radical (unpaired) electrons. The van der Waals surface area contributed by atoms with Crippen LogP contribution in [0, 0.1) is 6.92 Å². The van der Waals surface area contributed by atoms with E-state index in [2.05, 4.69) is 0 Å². The largest absolute Gasteiger partial charge is 0.454 e. The molecule has 0 saturated heterocycles. The Balaban J connectivity index is 1.29. The molecule has 380 valence electrons. The Morgan fingerprint density at radius 2 is 1.00 bits per heavy atom. The van der Waals surface area contributed by atoms with Crippen molar-refractivity contribution < 1.29 is 42.8 Å². The van der Waals surface area contributed by atoms with Crippen LogP contribution >= 0.6 is 0 Å². The van der Waals surface area contributed by atoms with Gasteiger partial charge in [0.1, 0.15) is 5.58 Å². The van der Waals surface area contributed by atoms with Gasteiger partial charge >= 0.3 is 0 Å². The number of aromatic nitrogens is 1. The fourth-order valence-electron chi connectivity index (χ4n) is 10.6. The average Bonchev–Trinajstić information content (AvgIpc) is 1.65. The number of para-hydroxylation sites is 3. The fourth-order valence-corrected chi connectivity index (χ4v) is 10.6. The Bertz CT molecular complexity index is 5850. The highest BCUT2D eigenvalue weighted by molar-refractivity contribution is 7.00. The molecule has 14 rings (SSSR count). The minimum Gasteiger partial charge on any atom is -0.454 e. The van der Waals surface area contributed by atoms with Crippen LogP contribution in [0.5, 0.6) is 0 Å². The molecular formula is C71H67BN4O. The van der Waals surface area contributed by atoms with Gasteiger partial charge in [-0.2, -0.15) is 0 Å². The van der Waals surface area contributed by atoms with Crippen molar-refractivity contribution in [3.63, 3.8) is 0 Å². The van der Waals surface area contributed by atoms with Crippen molar-refractivity contribution in [2.75, 3.05) is 14.7 Å². The van der Waals surface area contributed by atoms with Gasteiger partial charge in [-0.05, 0) is 163 Å². The van der Waals surface area contributed by atoms with Gasteiger partial charge in [0, 0.05) is 55.7 Å². The lowest BCUT2D eigenvalue weighted by molar-refractivity contribution is 0.590. The van der Waals surface area contributed by atoms with Gasteiger partial charge < -0.3 is 23.7 Å². The zero-order valence-electron chi connectivity index (χ0n) is 72.8. The topological polar surface area (TPSA) is 27.8 Å². The third-order valence-electron chi connectivity index (χ3n) is 14.5. The van der Waals surface area contributed by atoms with E-state index in [0.717, 1.165) is 4.90 Å². The molecule has 0 spiro atoms. The molecule has 11 aromatic rings. The maximum absolute atomic E-state index is 11.2. The lowest BCUT2D eigenvalue weighted by atomic mass is 9.33. The molecule has 5 heterocycles. The van der Waals surface area contributed by atoms with Crippen LogP contribution in [0.2, 0.25) is 0 Å². The quantitative estimate of drug-likeness (QED) is 0.164. The van der Waals surface area contributed by atoms with Crippen LogP contribution in [0.4, 0.5) is 51.2 Å². The monoisotopic (exact) mass is 1030 g/mol. The first kappa shape index (κ1) is 26.4. The van der Waals surface area contributed by atoms with Crippen LogP contribution in [0.1, 0.15) is 149 Å². The predicted molar refractivity (Wildman–Crippen MR) is 330 cm³/mol. The maximum atomic E-state index is 11.2. The smallest absolute Gasteiger partial charge is 0.252 e. The third-order valence-corrected chi connectivity index (χ3v) is 14.5. The van der Waals surface area contributed by atoms with E-state index in [1.165, 1.54) is 16.4 Å². The Morgan fingerprint density at radius 3 is 1.66 bits per heavy atom. The van der Waals surface area contributed by atoms with E-state index < -0.39 is 247 Å². The molecule has 3 aliphatic heterocycles. The summed E-state index contributed by atoms with van der Waals surface area (Å²) in [7, 11) is 0. The second-order valence-corrected chi connectivity index (χ2v) is 24.1. The zero-order valence-corrected chi connectivity index (χ0v) is 44.8. The number of hydrogen-bond acceptors (Lipinski definition) is 4. The number of benzene rings is 9. The van der Waals surface area contributed by atoms with Crippen molar-refractivity contribution in [1.82, 2.24) is 4.57 Å². The number of nitrogens with zero attached hydrogens (tertiary/aromatic N) is 4. The van der Waals surface area contributed by atoms with Crippen LogP contribution < -0.4 is 31.1 Å². The second-order valence-electron chi connectivity index (χ2n) is 24.1. The van der Waals surface area contributed by atoms with E-state index in [-0.39, 0.29) is 95.4 Å². The van der Waals surface area contributed by atoms with Gasteiger partial charge in [-0.25, -0.2) is 0 Å². The summed E-state index contributed by atoms with van der Waals surface area (Å²) in [6.07, 6.45) is 0. The molecule has 0 saturated carbocycles. The lowest BCUT2D eigenvalue weighted by Crippen LogP contribution is -2.61. The van der Waals surface area contributed by atoms with Gasteiger partial charge in [-0.1, -0.05) is 162 Å². The summed E-state index contributed by atoms with van der Waals surface area (Å²) in [4.78, 5) is 2.96. The van der Waals surface area contributed by atoms with Crippen molar-refractivity contribution in [3.05, 3.63) is 197 Å². The van der Waals surface area contributed by atoms with Crippen molar-refractivity contribution in [3.8, 4) is 5.69 Å². The van der Waals surface area contributed by atoms with Crippen LogP contribution in [-0.2, 0) is 21.7 Å². The number of hydrogen-bond donors (Lipinski definition) is 0. The first-order chi connectivity index (χ1) is 48.4. The molecule has 3 aliphatic rings. The summed E-state index contributed by atoms with van der Waals surface area (Å²) in [6.45, 7) is 19.6. The minimum atomic E-state index is -1.98.